The molecule has 2 aliphatic rings. The summed E-state index contributed by atoms with van der Waals surface area (Å²) in [5, 5.41) is 0. The van der Waals surface area contributed by atoms with Gasteiger partial charge in [-0.05, 0) is 55.4 Å². The summed E-state index contributed by atoms with van der Waals surface area (Å²) in [7, 11) is 0. The number of benzene rings is 1. The molecule has 0 aromatic heterocycles. The molecule has 15 heavy (non-hydrogen) atoms. The van der Waals surface area contributed by atoms with Crippen molar-refractivity contribution in [2.24, 2.45) is 11.8 Å². The molecule has 0 aliphatic heterocycles. The second kappa shape index (κ2) is 3.10. The van der Waals surface area contributed by atoms with E-state index >= 15 is 0 Å². The predicted molar refractivity (Wildman–Crippen MR) is 64.0 cm³/mol. The Labute approximate surface area is 92.7 Å². The number of hydrogen-bond donors (Lipinski definition) is 0. The number of hydrogen-bond acceptors (Lipinski definition) is 0. The van der Waals surface area contributed by atoms with Crippen LogP contribution in [0.5, 0.6) is 0 Å². The van der Waals surface area contributed by atoms with Gasteiger partial charge >= 0.3 is 0 Å². The summed E-state index contributed by atoms with van der Waals surface area (Å²) in [5.41, 5.74) is 3.66. The van der Waals surface area contributed by atoms with Crippen LogP contribution in [0.15, 0.2) is 24.3 Å². The van der Waals surface area contributed by atoms with Crippen LogP contribution in [0.3, 0.4) is 0 Å². The Balaban J connectivity index is 1.90. The van der Waals surface area contributed by atoms with Crippen LogP contribution in [-0.2, 0) is 5.41 Å². The Bertz CT molecular complexity index is 379. The van der Waals surface area contributed by atoms with Gasteiger partial charge in [0, 0.05) is 0 Å². The van der Waals surface area contributed by atoms with Gasteiger partial charge in [0.15, 0.2) is 0 Å². The Kier molecular flexibility index (Phi) is 1.95. The van der Waals surface area contributed by atoms with Crippen molar-refractivity contribution in [1.82, 2.24) is 0 Å². The van der Waals surface area contributed by atoms with E-state index in [1.807, 2.05) is 0 Å². The molecule has 0 saturated heterocycles. The molecular weight excluding hydrogens is 180 g/mol. The zero-order chi connectivity index (χ0) is 10.5. The van der Waals surface area contributed by atoms with Gasteiger partial charge in [0.1, 0.15) is 0 Å². The first-order chi connectivity index (χ1) is 7.21. The summed E-state index contributed by atoms with van der Waals surface area (Å²) in [6, 6.07) is 9.20. The zero-order valence-corrected chi connectivity index (χ0v) is 9.79. The van der Waals surface area contributed by atoms with E-state index in [0.29, 0.717) is 5.41 Å². The molecule has 0 bridgehead atoms. The molecule has 0 amide bonds. The van der Waals surface area contributed by atoms with Crippen molar-refractivity contribution in [3.05, 3.63) is 35.4 Å². The highest BCUT2D eigenvalue weighted by molar-refractivity contribution is 5.37. The third-order valence-corrected chi connectivity index (χ3v) is 4.60. The minimum Gasteiger partial charge on any atom is -0.0625 e. The van der Waals surface area contributed by atoms with Crippen molar-refractivity contribution in [1.29, 1.82) is 0 Å². The highest BCUT2D eigenvalue weighted by Crippen LogP contribution is 2.63. The van der Waals surface area contributed by atoms with Gasteiger partial charge in [0.05, 0.1) is 0 Å². The van der Waals surface area contributed by atoms with Gasteiger partial charge in [-0.2, -0.15) is 0 Å². The molecule has 2 saturated carbocycles. The minimum absolute atomic E-state index is 0.610. The van der Waals surface area contributed by atoms with Gasteiger partial charge in [0.2, 0.25) is 0 Å². The molecule has 0 spiro atoms. The van der Waals surface area contributed by atoms with E-state index in [0.717, 1.165) is 11.8 Å². The molecule has 2 fully saturated rings. The number of rotatable bonds is 1. The Hall–Kier alpha value is -0.780. The van der Waals surface area contributed by atoms with Crippen LogP contribution in [0.2, 0.25) is 0 Å². The van der Waals surface area contributed by atoms with E-state index in [1.54, 1.807) is 5.56 Å². The highest BCUT2D eigenvalue weighted by Gasteiger charge is 2.56. The first-order valence-corrected chi connectivity index (χ1v) is 6.28. The van der Waals surface area contributed by atoms with Crippen LogP contribution >= 0.6 is 0 Å². The molecule has 1 unspecified atom stereocenters. The molecule has 0 N–H and O–H groups in total. The first kappa shape index (κ1) is 9.45. The topological polar surface area (TPSA) is 0 Å². The fourth-order valence-corrected chi connectivity index (χ4v) is 3.56. The predicted octanol–water partition coefficient (Wildman–Crippen LogP) is 4.07. The molecule has 80 valence electrons. The third-order valence-electron chi connectivity index (χ3n) is 4.60. The molecule has 1 aromatic carbocycles. The maximum Gasteiger partial charge on any atom is -0.00152 e. The molecule has 2 aliphatic carbocycles. The normalized spacial score (nSPS) is 38.5. The van der Waals surface area contributed by atoms with E-state index in [9.17, 15) is 0 Å². The average Bonchev–Trinajstić information content (AvgIpc) is 2.92. The molecule has 1 aromatic rings. The fraction of sp³-hybridized carbons (Fsp3) is 0.600. The molecular formula is C15H20. The van der Waals surface area contributed by atoms with Crippen molar-refractivity contribution in [3.63, 3.8) is 0 Å². The highest BCUT2D eigenvalue weighted by atomic mass is 14.6. The Morgan fingerprint density at radius 3 is 2.93 bits per heavy atom. The maximum absolute atomic E-state index is 2.42. The zero-order valence-electron chi connectivity index (χ0n) is 9.79. The van der Waals surface area contributed by atoms with Crippen molar-refractivity contribution in [2.45, 2.75) is 44.9 Å². The Morgan fingerprint density at radius 2 is 2.20 bits per heavy atom. The van der Waals surface area contributed by atoms with Gasteiger partial charge in [-0.25, -0.2) is 0 Å². The SMILES string of the molecule is Cc1cccc([C@]23CC[C@@H](C)CC2C3)c1. The van der Waals surface area contributed by atoms with Crippen LogP contribution in [0.25, 0.3) is 0 Å². The molecule has 0 heterocycles. The molecule has 0 radical (unpaired) electrons. The van der Waals surface area contributed by atoms with E-state index in [1.165, 1.54) is 31.2 Å². The standard InChI is InChI=1S/C15H20/c1-11-4-3-5-13(8-11)15-7-6-12(2)9-14(15)10-15/h3-5,8,12,14H,6-7,9-10H2,1-2H3/t12-,14?,15-/m1/s1. The molecule has 0 heteroatoms. The lowest BCUT2D eigenvalue weighted by atomic mass is 9.78. The van der Waals surface area contributed by atoms with Gasteiger partial charge in [-0.3, -0.25) is 0 Å². The average molecular weight is 200 g/mol. The van der Waals surface area contributed by atoms with E-state index < -0.39 is 0 Å². The van der Waals surface area contributed by atoms with E-state index in [4.69, 9.17) is 0 Å². The summed E-state index contributed by atoms with van der Waals surface area (Å²) in [6.07, 6.45) is 5.79. The van der Waals surface area contributed by atoms with Crippen molar-refractivity contribution >= 4 is 0 Å². The van der Waals surface area contributed by atoms with Crippen molar-refractivity contribution in [2.75, 3.05) is 0 Å². The van der Waals surface area contributed by atoms with Crippen LogP contribution in [0.1, 0.15) is 43.7 Å². The van der Waals surface area contributed by atoms with Crippen LogP contribution in [-0.4, -0.2) is 0 Å². The van der Waals surface area contributed by atoms with E-state index in [-0.39, 0.29) is 0 Å². The largest absolute Gasteiger partial charge is 0.0625 e. The number of aryl methyl sites for hydroxylation is 1. The maximum atomic E-state index is 2.42. The third kappa shape index (κ3) is 1.42. The second-order valence-electron chi connectivity index (χ2n) is 5.81. The van der Waals surface area contributed by atoms with Crippen molar-refractivity contribution in [3.8, 4) is 0 Å². The molecule has 0 nitrogen and oxygen atoms in total. The first-order valence-electron chi connectivity index (χ1n) is 6.28. The molecule has 3 rings (SSSR count). The monoisotopic (exact) mass is 200 g/mol. The van der Waals surface area contributed by atoms with Gasteiger partial charge in [-0.1, -0.05) is 36.8 Å². The summed E-state index contributed by atoms with van der Waals surface area (Å²) in [6.45, 7) is 4.63. The van der Waals surface area contributed by atoms with Gasteiger partial charge < -0.3 is 0 Å². The Morgan fingerprint density at radius 1 is 1.33 bits per heavy atom. The van der Waals surface area contributed by atoms with Crippen LogP contribution in [0, 0.1) is 18.8 Å². The lowest BCUT2D eigenvalue weighted by molar-refractivity contribution is 0.337. The summed E-state index contributed by atoms with van der Waals surface area (Å²) in [4.78, 5) is 0. The number of fused-ring (bicyclic) bond motifs is 1. The summed E-state index contributed by atoms with van der Waals surface area (Å²) < 4.78 is 0. The van der Waals surface area contributed by atoms with E-state index in [2.05, 4.69) is 38.1 Å². The summed E-state index contributed by atoms with van der Waals surface area (Å²) >= 11 is 0. The van der Waals surface area contributed by atoms with Crippen LogP contribution < -0.4 is 0 Å². The lowest BCUT2D eigenvalue weighted by Crippen LogP contribution is -2.18. The minimum atomic E-state index is 0.610. The van der Waals surface area contributed by atoms with Crippen molar-refractivity contribution < 1.29 is 0 Å². The smallest absolute Gasteiger partial charge is 0.00152 e. The van der Waals surface area contributed by atoms with Crippen LogP contribution in [0.4, 0.5) is 0 Å². The van der Waals surface area contributed by atoms with Gasteiger partial charge in [-0.15, -0.1) is 0 Å². The van der Waals surface area contributed by atoms with Gasteiger partial charge in [0.25, 0.3) is 0 Å². The fourth-order valence-electron chi connectivity index (χ4n) is 3.56. The quantitative estimate of drug-likeness (QED) is 0.641. The lowest BCUT2D eigenvalue weighted by Gasteiger charge is -2.26. The second-order valence-corrected chi connectivity index (χ2v) is 5.81. The summed E-state index contributed by atoms with van der Waals surface area (Å²) in [5.74, 6) is 1.97. The molecule has 3 atom stereocenters.